The third kappa shape index (κ3) is 6.14. The first-order chi connectivity index (χ1) is 12.2. The number of amides is 1. The van der Waals surface area contributed by atoms with Crippen LogP contribution in [0.2, 0.25) is 0 Å². The van der Waals surface area contributed by atoms with Gasteiger partial charge in [-0.25, -0.2) is 4.98 Å². The molecular weight excluding hydrogens is 334 g/mol. The molecule has 136 valence electrons. The molecule has 0 aliphatic carbocycles. The number of hydrogen-bond acceptors (Lipinski definition) is 5. The average molecular weight is 362 g/mol. The quantitative estimate of drug-likeness (QED) is 0.706. The number of ether oxygens (including phenoxy) is 1. The second kappa shape index (κ2) is 10.2. The summed E-state index contributed by atoms with van der Waals surface area (Å²) in [6, 6.07) is 7.88. The number of likely N-dealkylation sites (N-methyl/N-ethyl adjacent to an activating group) is 1. The molecule has 6 heteroatoms. The lowest BCUT2D eigenvalue weighted by atomic mass is 10.2. The molecule has 2 rings (SSSR count). The second-order valence-electron chi connectivity index (χ2n) is 5.65. The van der Waals surface area contributed by atoms with E-state index >= 15 is 0 Å². The van der Waals surface area contributed by atoms with Crippen LogP contribution in [-0.4, -0.2) is 48.6 Å². The summed E-state index contributed by atoms with van der Waals surface area (Å²) >= 11 is 1.56. The Balaban J connectivity index is 1.85. The minimum Gasteiger partial charge on any atom is -0.494 e. The molecule has 0 saturated heterocycles. The van der Waals surface area contributed by atoms with Gasteiger partial charge in [0.05, 0.1) is 18.7 Å². The third-order valence-electron chi connectivity index (χ3n) is 3.95. The van der Waals surface area contributed by atoms with Gasteiger partial charge in [0.2, 0.25) is 5.91 Å². The number of aromatic nitrogens is 1. The average Bonchev–Trinajstić information content (AvgIpc) is 3.08. The molecule has 0 unspecified atom stereocenters. The van der Waals surface area contributed by atoms with E-state index in [0.717, 1.165) is 41.6 Å². The number of rotatable bonds is 10. The Morgan fingerprint density at radius 1 is 1.20 bits per heavy atom. The van der Waals surface area contributed by atoms with Crippen molar-refractivity contribution in [3.8, 4) is 16.3 Å². The van der Waals surface area contributed by atoms with Gasteiger partial charge in [-0.05, 0) is 44.3 Å². The van der Waals surface area contributed by atoms with Crippen LogP contribution in [0, 0.1) is 0 Å². The first-order valence-corrected chi connectivity index (χ1v) is 9.70. The van der Waals surface area contributed by atoms with Gasteiger partial charge in [-0.1, -0.05) is 13.8 Å². The van der Waals surface area contributed by atoms with E-state index in [1.54, 1.807) is 11.3 Å². The lowest BCUT2D eigenvalue weighted by Crippen LogP contribution is -2.35. The highest BCUT2D eigenvalue weighted by Crippen LogP contribution is 2.25. The number of thiazole rings is 1. The molecule has 1 heterocycles. The summed E-state index contributed by atoms with van der Waals surface area (Å²) in [6.07, 6.45) is 0.325. The van der Waals surface area contributed by atoms with Crippen LogP contribution in [0.1, 0.15) is 26.5 Å². The van der Waals surface area contributed by atoms with Crippen molar-refractivity contribution in [2.45, 2.75) is 27.2 Å². The number of hydrogen-bond donors (Lipinski definition) is 1. The summed E-state index contributed by atoms with van der Waals surface area (Å²) in [5.41, 5.74) is 1.86. The smallest absolute Gasteiger partial charge is 0.226 e. The fourth-order valence-corrected chi connectivity index (χ4v) is 3.33. The zero-order valence-electron chi connectivity index (χ0n) is 15.2. The van der Waals surface area contributed by atoms with E-state index in [0.29, 0.717) is 19.6 Å². The van der Waals surface area contributed by atoms with E-state index in [2.05, 4.69) is 29.0 Å². The lowest BCUT2D eigenvalue weighted by Gasteiger charge is -2.17. The monoisotopic (exact) mass is 361 g/mol. The topological polar surface area (TPSA) is 54.5 Å². The molecule has 0 fully saturated rings. The van der Waals surface area contributed by atoms with Crippen molar-refractivity contribution in [3.05, 3.63) is 35.3 Å². The second-order valence-corrected chi connectivity index (χ2v) is 6.51. The van der Waals surface area contributed by atoms with E-state index < -0.39 is 0 Å². The summed E-state index contributed by atoms with van der Waals surface area (Å²) in [7, 11) is 0. The van der Waals surface area contributed by atoms with Crippen LogP contribution in [0.4, 0.5) is 0 Å². The van der Waals surface area contributed by atoms with Crippen LogP contribution in [0.15, 0.2) is 29.6 Å². The van der Waals surface area contributed by atoms with E-state index in [1.165, 1.54) is 0 Å². The molecule has 0 saturated carbocycles. The molecule has 0 spiro atoms. The molecule has 1 aromatic carbocycles. The van der Waals surface area contributed by atoms with Gasteiger partial charge < -0.3 is 15.0 Å². The van der Waals surface area contributed by atoms with Crippen molar-refractivity contribution in [1.29, 1.82) is 0 Å². The third-order valence-corrected chi connectivity index (χ3v) is 4.89. The van der Waals surface area contributed by atoms with Gasteiger partial charge in [0, 0.05) is 24.0 Å². The molecule has 0 aliphatic rings. The summed E-state index contributed by atoms with van der Waals surface area (Å²) in [5, 5.41) is 5.85. The Labute approximate surface area is 154 Å². The highest BCUT2D eigenvalue weighted by molar-refractivity contribution is 7.13. The zero-order valence-corrected chi connectivity index (χ0v) is 16.1. The summed E-state index contributed by atoms with van der Waals surface area (Å²) < 4.78 is 5.45. The summed E-state index contributed by atoms with van der Waals surface area (Å²) in [6.45, 7) is 10.4. The maximum absolute atomic E-state index is 12.1. The van der Waals surface area contributed by atoms with E-state index in [9.17, 15) is 4.79 Å². The maximum atomic E-state index is 12.1. The predicted octanol–water partition coefficient (Wildman–Crippen LogP) is 3.21. The molecule has 0 aliphatic heterocycles. The standard InChI is InChI=1S/C19H27N3O2S/c1-4-22(5-2)12-11-20-18(23)13-16-14-25-19(21-16)15-7-9-17(10-8-15)24-6-3/h7-10,14H,4-6,11-13H2,1-3H3,(H,20,23). The fourth-order valence-electron chi connectivity index (χ4n) is 2.50. The molecule has 1 N–H and O–H groups in total. The number of nitrogens with one attached hydrogen (secondary N) is 1. The van der Waals surface area contributed by atoms with Gasteiger partial charge in [-0.2, -0.15) is 0 Å². The van der Waals surface area contributed by atoms with Crippen LogP contribution in [0.3, 0.4) is 0 Å². The van der Waals surface area contributed by atoms with Crippen molar-refractivity contribution in [3.63, 3.8) is 0 Å². The molecule has 1 amide bonds. The van der Waals surface area contributed by atoms with Crippen molar-refractivity contribution < 1.29 is 9.53 Å². The minimum absolute atomic E-state index is 0.0238. The van der Waals surface area contributed by atoms with Gasteiger partial charge in [0.25, 0.3) is 0 Å². The largest absolute Gasteiger partial charge is 0.494 e. The molecule has 2 aromatic rings. The van der Waals surface area contributed by atoms with Gasteiger partial charge in [0.1, 0.15) is 10.8 Å². The maximum Gasteiger partial charge on any atom is 0.226 e. The zero-order chi connectivity index (χ0) is 18.1. The van der Waals surface area contributed by atoms with Crippen molar-refractivity contribution in [2.75, 3.05) is 32.8 Å². The van der Waals surface area contributed by atoms with E-state index in [4.69, 9.17) is 4.74 Å². The molecule has 0 atom stereocenters. The summed E-state index contributed by atoms with van der Waals surface area (Å²) in [5.74, 6) is 0.881. The van der Waals surface area contributed by atoms with Crippen LogP contribution < -0.4 is 10.1 Å². The lowest BCUT2D eigenvalue weighted by molar-refractivity contribution is -0.120. The van der Waals surface area contributed by atoms with Crippen molar-refractivity contribution in [2.24, 2.45) is 0 Å². The highest BCUT2D eigenvalue weighted by Gasteiger charge is 2.09. The van der Waals surface area contributed by atoms with E-state index in [-0.39, 0.29) is 5.91 Å². The van der Waals surface area contributed by atoms with Gasteiger partial charge in [0.15, 0.2) is 0 Å². The molecule has 25 heavy (non-hydrogen) atoms. The van der Waals surface area contributed by atoms with Gasteiger partial charge in [-0.15, -0.1) is 11.3 Å². The van der Waals surface area contributed by atoms with Crippen LogP contribution >= 0.6 is 11.3 Å². The SMILES string of the molecule is CCOc1ccc(-c2nc(CC(=O)NCCN(CC)CC)cs2)cc1. The highest BCUT2D eigenvalue weighted by atomic mass is 32.1. The Bertz CT molecular complexity index is 651. The molecule has 5 nitrogen and oxygen atoms in total. The van der Waals surface area contributed by atoms with Crippen molar-refractivity contribution in [1.82, 2.24) is 15.2 Å². The number of nitrogens with zero attached hydrogens (tertiary/aromatic N) is 2. The van der Waals surface area contributed by atoms with Crippen LogP contribution in [0.25, 0.3) is 10.6 Å². The van der Waals surface area contributed by atoms with Crippen LogP contribution in [-0.2, 0) is 11.2 Å². The fraction of sp³-hybridized carbons (Fsp3) is 0.474. The Kier molecular flexibility index (Phi) is 7.88. The van der Waals surface area contributed by atoms with Crippen molar-refractivity contribution >= 4 is 17.2 Å². The Morgan fingerprint density at radius 3 is 2.56 bits per heavy atom. The Hall–Kier alpha value is -1.92. The molecule has 0 bridgehead atoms. The summed E-state index contributed by atoms with van der Waals surface area (Å²) in [4.78, 5) is 18.9. The molecule has 1 aromatic heterocycles. The number of carbonyl (C=O) groups excluding carboxylic acids is 1. The minimum atomic E-state index is 0.0238. The number of carbonyl (C=O) groups is 1. The van der Waals surface area contributed by atoms with Gasteiger partial charge in [-0.3, -0.25) is 4.79 Å². The first-order valence-electron chi connectivity index (χ1n) is 8.82. The Morgan fingerprint density at radius 2 is 1.92 bits per heavy atom. The molecular formula is C19H27N3O2S. The molecule has 0 radical (unpaired) electrons. The normalized spacial score (nSPS) is 10.9. The number of benzene rings is 1. The first kappa shape index (κ1) is 19.4. The van der Waals surface area contributed by atoms with Crippen LogP contribution in [0.5, 0.6) is 5.75 Å². The van der Waals surface area contributed by atoms with Gasteiger partial charge >= 0.3 is 0 Å². The van der Waals surface area contributed by atoms with E-state index in [1.807, 2.05) is 36.6 Å². The predicted molar refractivity (Wildman–Crippen MR) is 103 cm³/mol.